The Morgan fingerprint density at radius 1 is 1.05 bits per heavy atom. The zero-order valence-corrected chi connectivity index (χ0v) is 25.7. The van der Waals surface area contributed by atoms with Crippen molar-refractivity contribution in [2.45, 2.75) is 36.4 Å². The minimum atomic E-state index is -1.62. The Morgan fingerprint density at radius 2 is 1.80 bits per heavy atom. The van der Waals surface area contributed by atoms with Crippen LogP contribution in [0.4, 0.5) is 0 Å². The van der Waals surface area contributed by atoms with E-state index in [1.165, 1.54) is 8.54 Å². The number of rotatable bonds is 8. The number of benzene rings is 3. The third kappa shape index (κ3) is 4.91. The van der Waals surface area contributed by atoms with Gasteiger partial charge in [0.05, 0.1) is 30.1 Å². The Kier molecular flexibility index (Phi) is 7.31. The standard InChI is InChI=1S/C34H29ClN4O4S/c1-21-8-13-25(14-9-21)44(42)39-17-16-26-28(19-38(2)32(41)30(26)39)22-10-15-29-27(18-22)31(37-33(35)36-29)34(20-40,43-24-11-12-24)23-6-4-3-5-7-23/h3-10,13-19,24,40H,11-12,20H2,1-2H3. The maximum Gasteiger partial charge on any atom is 0.279 e. The highest BCUT2D eigenvalue weighted by atomic mass is 35.5. The molecule has 0 bridgehead atoms. The molecule has 44 heavy (non-hydrogen) atoms. The largest absolute Gasteiger partial charge is 0.587 e. The molecule has 222 valence electrons. The van der Waals surface area contributed by atoms with E-state index in [0.29, 0.717) is 32.4 Å². The molecular weight excluding hydrogens is 596 g/mol. The molecular formula is C34H29ClN4O4S. The Bertz CT molecular complexity index is 2080. The van der Waals surface area contributed by atoms with Crippen LogP contribution in [0.15, 0.2) is 101 Å². The van der Waals surface area contributed by atoms with Crippen molar-refractivity contribution in [2.75, 3.05) is 6.61 Å². The van der Waals surface area contributed by atoms with E-state index >= 15 is 0 Å². The van der Waals surface area contributed by atoms with Crippen molar-refractivity contribution >= 4 is 44.8 Å². The average Bonchev–Trinajstić information content (AvgIpc) is 3.75. The lowest BCUT2D eigenvalue weighted by Crippen LogP contribution is -2.37. The number of halogens is 1. The van der Waals surface area contributed by atoms with Crippen LogP contribution < -0.4 is 5.56 Å². The highest BCUT2D eigenvalue weighted by molar-refractivity contribution is 7.90. The molecule has 1 aliphatic rings. The fourth-order valence-electron chi connectivity index (χ4n) is 5.68. The Labute approximate surface area is 261 Å². The van der Waals surface area contributed by atoms with Crippen molar-refractivity contribution in [3.05, 3.63) is 124 Å². The molecule has 0 saturated heterocycles. The molecule has 1 saturated carbocycles. The number of aliphatic hydroxyl groups excluding tert-OH is 1. The lowest BCUT2D eigenvalue weighted by atomic mass is 9.87. The van der Waals surface area contributed by atoms with E-state index < -0.39 is 17.0 Å². The molecule has 10 heteroatoms. The van der Waals surface area contributed by atoms with Crippen LogP contribution >= 0.6 is 11.6 Å². The van der Waals surface area contributed by atoms with Gasteiger partial charge in [0.25, 0.3) is 5.56 Å². The number of aromatic nitrogens is 4. The molecule has 1 fully saturated rings. The van der Waals surface area contributed by atoms with E-state index in [1.54, 1.807) is 19.4 Å². The lowest BCUT2D eigenvalue weighted by Gasteiger charge is -2.33. The SMILES string of the molecule is Cc1ccc([S+]([O-])n2ccc3c(-c4ccc5nc(Cl)nc(C(CO)(OC6CC6)c6ccccc6)c5c4)cn(C)c(=O)c32)cc1. The summed E-state index contributed by atoms with van der Waals surface area (Å²) in [6.07, 6.45) is 5.25. The van der Waals surface area contributed by atoms with Crippen LogP contribution in [0.5, 0.6) is 0 Å². The summed E-state index contributed by atoms with van der Waals surface area (Å²) < 4.78 is 23.2. The number of pyridine rings is 1. The van der Waals surface area contributed by atoms with Gasteiger partial charge in [0.15, 0.2) is 16.0 Å². The molecule has 0 spiro atoms. The molecule has 2 atom stereocenters. The second kappa shape index (κ2) is 11.2. The molecule has 0 amide bonds. The normalized spacial score (nSPS) is 15.5. The number of hydrogen-bond donors (Lipinski definition) is 1. The highest BCUT2D eigenvalue weighted by Gasteiger charge is 2.43. The van der Waals surface area contributed by atoms with E-state index in [0.717, 1.165) is 35.1 Å². The molecule has 7 rings (SSSR count). The van der Waals surface area contributed by atoms with E-state index in [4.69, 9.17) is 16.3 Å². The molecule has 3 heterocycles. The monoisotopic (exact) mass is 624 g/mol. The Hall–Kier alpha value is -3.99. The van der Waals surface area contributed by atoms with E-state index in [-0.39, 0.29) is 23.6 Å². The smallest absolute Gasteiger partial charge is 0.279 e. The molecule has 8 nitrogen and oxygen atoms in total. The van der Waals surface area contributed by atoms with Gasteiger partial charge in [-0.15, -0.1) is 0 Å². The quantitative estimate of drug-likeness (QED) is 0.167. The zero-order valence-electron chi connectivity index (χ0n) is 24.1. The van der Waals surface area contributed by atoms with Crippen LogP contribution in [0.3, 0.4) is 0 Å². The van der Waals surface area contributed by atoms with Crippen LogP contribution in [-0.4, -0.2) is 40.9 Å². The lowest BCUT2D eigenvalue weighted by molar-refractivity contribution is -0.0672. The third-order valence-corrected chi connectivity index (χ3v) is 9.61. The van der Waals surface area contributed by atoms with Gasteiger partial charge < -0.3 is 19.0 Å². The first-order chi connectivity index (χ1) is 21.3. The summed E-state index contributed by atoms with van der Waals surface area (Å²) in [6, 6.07) is 24.5. The van der Waals surface area contributed by atoms with Crippen LogP contribution in [0.25, 0.3) is 32.9 Å². The fourth-order valence-corrected chi connectivity index (χ4v) is 6.97. The van der Waals surface area contributed by atoms with Gasteiger partial charge in [0.2, 0.25) is 5.28 Å². The number of hydrogen-bond acceptors (Lipinski definition) is 6. The van der Waals surface area contributed by atoms with Gasteiger partial charge in [0.1, 0.15) is 11.4 Å². The molecule has 0 aliphatic heterocycles. The molecule has 3 aromatic carbocycles. The summed E-state index contributed by atoms with van der Waals surface area (Å²) in [5.74, 6) is 0. The maximum absolute atomic E-state index is 13.6. The number of aryl methyl sites for hydroxylation is 2. The maximum atomic E-state index is 13.6. The summed E-state index contributed by atoms with van der Waals surface area (Å²) in [6.45, 7) is 1.62. The van der Waals surface area contributed by atoms with Gasteiger partial charge in [-0.2, -0.15) is 3.97 Å². The van der Waals surface area contributed by atoms with Gasteiger partial charge >= 0.3 is 0 Å². The van der Waals surface area contributed by atoms with Crippen LogP contribution in [-0.2, 0) is 28.7 Å². The average molecular weight is 625 g/mol. The van der Waals surface area contributed by atoms with Crippen LogP contribution in [0, 0.1) is 6.92 Å². The first kappa shape index (κ1) is 28.8. The predicted molar refractivity (Wildman–Crippen MR) is 172 cm³/mol. The first-order valence-corrected chi connectivity index (χ1v) is 15.8. The van der Waals surface area contributed by atoms with E-state index in [1.807, 2.05) is 85.8 Å². The van der Waals surface area contributed by atoms with Gasteiger partial charge in [-0.05, 0) is 72.8 Å². The molecule has 1 N–H and O–H groups in total. The first-order valence-electron chi connectivity index (χ1n) is 14.3. The van der Waals surface area contributed by atoms with Crippen LogP contribution in [0.2, 0.25) is 5.28 Å². The van der Waals surface area contributed by atoms with Gasteiger partial charge in [-0.3, -0.25) is 4.79 Å². The van der Waals surface area contributed by atoms with E-state index in [2.05, 4.69) is 9.97 Å². The minimum absolute atomic E-state index is 0.00762. The highest BCUT2D eigenvalue weighted by Crippen LogP contribution is 2.43. The van der Waals surface area contributed by atoms with Crippen molar-refractivity contribution in [3.63, 3.8) is 0 Å². The summed E-state index contributed by atoms with van der Waals surface area (Å²) >= 11 is 4.84. The van der Waals surface area contributed by atoms with Crippen molar-refractivity contribution in [1.82, 2.24) is 18.5 Å². The summed E-state index contributed by atoms with van der Waals surface area (Å²) in [5, 5.41) is 12.3. The number of fused-ring (bicyclic) bond motifs is 2. The minimum Gasteiger partial charge on any atom is -0.587 e. The second-order valence-electron chi connectivity index (χ2n) is 11.2. The molecule has 6 aromatic rings. The molecule has 3 aromatic heterocycles. The molecule has 1 aliphatic carbocycles. The second-order valence-corrected chi connectivity index (χ2v) is 12.9. The molecule has 0 radical (unpaired) electrons. The topological polar surface area (TPSA) is 105 Å². The van der Waals surface area contributed by atoms with Crippen molar-refractivity contribution in [2.24, 2.45) is 7.05 Å². The zero-order chi connectivity index (χ0) is 30.6. The Morgan fingerprint density at radius 3 is 2.50 bits per heavy atom. The van der Waals surface area contributed by atoms with Gasteiger partial charge in [0, 0.05) is 29.6 Å². The molecule has 2 unspecified atom stereocenters. The third-order valence-electron chi connectivity index (χ3n) is 8.11. The van der Waals surface area contributed by atoms with Gasteiger partial charge in [-0.25, -0.2) is 9.97 Å². The van der Waals surface area contributed by atoms with Gasteiger partial charge in [-0.1, -0.05) is 54.1 Å². The number of ether oxygens (including phenoxy) is 1. The summed E-state index contributed by atoms with van der Waals surface area (Å²) in [5.41, 5.74) is 3.24. The number of aliphatic hydroxyl groups is 1. The number of nitrogens with zero attached hydrogens (tertiary/aromatic N) is 4. The fraction of sp³-hybridized carbons (Fsp3) is 0.206. The summed E-state index contributed by atoms with van der Waals surface area (Å²) in [4.78, 5) is 23.2. The van der Waals surface area contributed by atoms with Crippen molar-refractivity contribution in [3.8, 4) is 11.1 Å². The summed E-state index contributed by atoms with van der Waals surface area (Å²) in [7, 11) is 1.68. The van der Waals surface area contributed by atoms with Crippen molar-refractivity contribution < 1.29 is 14.4 Å². The predicted octanol–water partition coefficient (Wildman–Crippen LogP) is 5.90. The van der Waals surface area contributed by atoms with E-state index in [9.17, 15) is 14.5 Å². The Balaban J connectivity index is 1.44. The van der Waals surface area contributed by atoms with Crippen molar-refractivity contribution in [1.29, 1.82) is 0 Å². The van der Waals surface area contributed by atoms with Crippen LogP contribution in [0.1, 0.15) is 29.7 Å².